The van der Waals surface area contributed by atoms with E-state index >= 15 is 0 Å². The third-order valence-corrected chi connectivity index (χ3v) is 5.88. The number of piperidine rings is 1. The first-order chi connectivity index (χ1) is 12.2. The second-order valence-electron chi connectivity index (χ2n) is 7.77. The first kappa shape index (κ1) is 21.1. The van der Waals surface area contributed by atoms with Gasteiger partial charge in [-0.05, 0) is 32.1 Å². The van der Waals surface area contributed by atoms with E-state index in [0.717, 1.165) is 45.3 Å². The number of hydrogen-bond acceptors (Lipinski definition) is 5. The molecule has 2 aliphatic rings. The molecular weight excluding hydrogens is 318 g/mol. The Hall–Kier alpha value is -0.200. The van der Waals surface area contributed by atoms with Gasteiger partial charge in [0, 0.05) is 12.5 Å². The van der Waals surface area contributed by atoms with E-state index in [4.69, 9.17) is 9.47 Å². The van der Waals surface area contributed by atoms with Gasteiger partial charge in [-0.3, -0.25) is 0 Å². The fourth-order valence-corrected chi connectivity index (χ4v) is 4.16. The van der Waals surface area contributed by atoms with Crippen LogP contribution >= 0.6 is 0 Å². The van der Waals surface area contributed by atoms with E-state index in [1.165, 1.54) is 44.9 Å². The maximum Gasteiger partial charge on any atom is 0.168 e. The van der Waals surface area contributed by atoms with E-state index in [9.17, 15) is 10.2 Å². The van der Waals surface area contributed by atoms with Gasteiger partial charge in [-0.25, -0.2) is 0 Å². The number of rotatable bonds is 12. The largest absolute Gasteiger partial charge is 0.395 e. The lowest BCUT2D eigenvalue weighted by atomic mass is 9.93. The zero-order valence-electron chi connectivity index (χ0n) is 16.0. The number of nitrogens with one attached hydrogen (secondary N) is 1. The van der Waals surface area contributed by atoms with Gasteiger partial charge in [-0.1, -0.05) is 45.4 Å². The van der Waals surface area contributed by atoms with Crippen LogP contribution in [-0.4, -0.2) is 54.0 Å². The van der Waals surface area contributed by atoms with Crippen molar-refractivity contribution in [3.05, 3.63) is 0 Å². The normalized spacial score (nSPS) is 29.2. The first-order valence-electron chi connectivity index (χ1n) is 10.5. The average molecular weight is 358 g/mol. The van der Waals surface area contributed by atoms with Crippen LogP contribution in [0.15, 0.2) is 0 Å². The van der Waals surface area contributed by atoms with Crippen LogP contribution in [0.5, 0.6) is 0 Å². The molecule has 0 aromatic carbocycles. The molecule has 2 aliphatic heterocycles. The molecular formula is C20H39NO4. The van der Waals surface area contributed by atoms with E-state index in [2.05, 4.69) is 12.2 Å². The Morgan fingerprint density at radius 3 is 2.24 bits per heavy atom. The Balaban J connectivity index is 1.41. The van der Waals surface area contributed by atoms with Gasteiger partial charge in [0.25, 0.3) is 0 Å². The molecule has 148 valence electrons. The molecule has 0 unspecified atom stereocenters. The van der Waals surface area contributed by atoms with E-state index in [1.54, 1.807) is 0 Å². The zero-order chi connectivity index (χ0) is 18.0. The lowest BCUT2D eigenvalue weighted by Crippen LogP contribution is -2.52. The van der Waals surface area contributed by atoms with Crippen molar-refractivity contribution >= 4 is 0 Å². The third kappa shape index (κ3) is 7.14. The molecule has 0 aromatic rings. The molecule has 0 spiro atoms. The molecule has 0 amide bonds. The smallest absolute Gasteiger partial charge is 0.168 e. The molecule has 2 saturated heterocycles. The highest BCUT2D eigenvalue weighted by Gasteiger charge is 2.33. The summed E-state index contributed by atoms with van der Waals surface area (Å²) in [5, 5.41) is 22.4. The maximum atomic E-state index is 9.76. The zero-order valence-corrected chi connectivity index (χ0v) is 16.0. The number of aliphatic hydroxyl groups excluding tert-OH is 2. The minimum atomic E-state index is -0.381. The van der Waals surface area contributed by atoms with Crippen molar-refractivity contribution in [1.29, 1.82) is 0 Å². The van der Waals surface area contributed by atoms with Crippen molar-refractivity contribution in [2.24, 2.45) is 0 Å². The lowest BCUT2D eigenvalue weighted by Gasteiger charge is -2.34. The number of aliphatic hydroxyl groups is 2. The Labute approximate surface area is 153 Å². The summed E-state index contributed by atoms with van der Waals surface area (Å²) in [5.74, 6) is -0.271. The number of hydrogen-bond donors (Lipinski definition) is 3. The maximum absolute atomic E-state index is 9.76. The Kier molecular flexibility index (Phi) is 9.71. The van der Waals surface area contributed by atoms with Gasteiger partial charge >= 0.3 is 0 Å². The van der Waals surface area contributed by atoms with E-state index in [0.29, 0.717) is 6.04 Å². The first-order valence-corrected chi connectivity index (χ1v) is 10.5. The Morgan fingerprint density at radius 2 is 1.60 bits per heavy atom. The van der Waals surface area contributed by atoms with E-state index in [1.807, 2.05) is 0 Å². The van der Waals surface area contributed by atoms with Crippen LogP contribution in [0.1, 0.15) is 84.0 Å². The highest BCUT2D eigenvalue weighted by atomic mass is 16.7. The van der Waals surface area contributed by atoms with Crippen LogP contribution in [-0.2, 0) is 9.47 Å². The van der Waals surface area contributed by atoms with Crippen molar-refractivity contribution in [2.45, 2.75) is 108 Å². The van der Waals surface area contributed by atoms with Gasteiger partial charge < -0.3 is 25.0 Å². The monoisotopic (exact) mass is 357 g/mol. The fourth-order valence-electron chi connectivity index (χ4n) is 4.16. The van der Waals surface area contributed by atoms with Crippen molar-refractivity contribution < 1.29 is 19.7 Å². The highest BCUT2D eigenvalue weighted by Crippen LogP contribution is 2.29. The predicted octanol–water partition coefficient (Wildman–Crippen LogP) is 3.12. The van der Waals surface area contributed by atoms with Gasteiger partial charge in [0.05, 0.1) is 32.0 Å². The summed E-state index contributed by atoms with van der Waals surface area (Å²) < 4.78 is 11.5. The molecule has 3 N–H and O–H groups in total. The lowest BCUT2D eigenvalue weighted by molar-refractivity contribution is -0.164. The minimum Gasteiger partial charge on any atom is -0.395 e. The Morgan fingerprint density at radius 1 is 0.960 bits per heavy atom. The summed E-state index contributed by atoms with van der Waals surface area (Å²) in [4.78, 5) is 0. The minimum absolute atomic E-state index is 0.0348. The van der Waals surface area contributed by atoms with Crippen molar-refractivity contribution in [3.63, 3.8) is 0 Å². The van der Waals surface area contributed by atoms with Gasteiger partial charge in [-0.2, -0.15) is 0 Å². The number of ether oxygens (including phenoxy) is 2. The predicted molar refractivity (Wildman–Crippen MR) is 99.5 cm³/mol. The van der Waals surface area contributed by atoms with Gasteiger partial charge in [0.1, 0.15) is 0 Å². The van der Waals surface area contributed by atoms with Crippen LogP contribution in [0.2, 0.25) is 0 Å². The topological polar surface area (TPSA) is 71.0 Å². The SMILES string of the molecule is CCC1(CCCCCCCCC[C@@H]2CC[C@H](O)[C@@H](CO)N2)OCCO1. The molecule has 0 aromatic heterocycles. The van der Waals surface area contributed by atoms with Gasteiger partial charge in [-0.15, -0.1) is 0 Å². The molecule has 5 nitrogen and oxygen atoms in total. The quantitative estimate of drug-likeness (QED) is 0.468. The molecule has 0 bridgehead atoms. The second-order valence-corrected chi connectivity index (χ2v) is 7.77. The molecule has 3 atom stereocenters. The highest BCUT2D eigenvalue weighted by molar-refractivity contribution is 4.86. The summed E-state index contributed by atoms with van der Waals surface area (Å²) in [6, 6.07) is 0.343. The fraction of sp³-hybridized carbons (Fsp3) is 1.00. The molecule has 0 radical (unpaired) electrons. The van der Waals surface area contributed by atoms with Crippen LogP contribution in [0, 0.1) is 0 Å². The van der Waals surface area contributed by atoms with Crippen LogP contribution in [0.4, 0.5) is 0 Å². The molecule has 0 saturated carbocycles. The van der Waals surface area contributed by atoms with Gasteiger partial charge in [0.2, 0.25) is 0 Å². The van der Waals surface area contributed by atoms with Crippen LogP contribution in [0.25, 0.3) is 0 Å². The molecule has 2 fully saturated rings. The molecule has 0 aliphatic carbocycles. The van der Waals surface area contributed by atoms with Crippen molar-refractivity contribution in [1.82, 2.24) is 5.32 Å². The van der Waals surface area contributed by atoms with Crippen LogP contribution < -0.4 is 5.32 Å². The van der Waals surface area contributed by atoms with Crippen LogP contribution in [0.3, 0.4) is 0 Å². The summed E-state index contributed by atoms with van der Waals surface area (Å²) >= 11 is 0. The molecule has 25 heavy (non-hydrogen) atoms. The standard InChI is InChI=1S/C20H39NO4/c1-2-20(24-14-15-25-20)13-9-7-5-3-4-6-8-10-17-11-12-19(23)18(16-22)21-17/h17-19,21-23H,2-16H2,1H3/t17-,18-,19+/m1/s1. The summed E-state index contributed by atoms with van der Waals surface area (Å²) in [5.41, 5.74) is 0. The van der Waals surface area contributed by atoms with E-state index < -0.39 is 0 Å². The summed E-state index contributed by atoms with van der Waals surface area (Å²) in [6.07, 6.45) is 13.6. The molecule has 5 heteroatoms. The Bertz CT molecular complexity index is 347. The molecule has 2 heterocycles. The summed E-state index contributed by atoms with van der Waals surface area (Å²) in [6.45, 7) is 3.69. The average Bonchev–Trinajstić information content (AvgIpc) is 3.11. The van der Waals surface area contributed by atoms with Gasteiger partial charge in [0.15, 0.2) is 5.79 Å². The summed E-state index contributed by atoms with van der Waals surface area (Å²) in [7, 11) is 0. The van der Waals surface area contributed by atoms with E-state index in [-0.39, 0.29) is 24.5 Å². The second kappa shape index (κ2) is 11.5. The third-order valence-electron chi connectivity index (χ3n) is 5.88. The number of unbranched alkanes of at least 4 members (excludes halogenated alkanes) is 6. The van der Waals surface area contributed by atoms with Crippen molar-refractivity contribution in [2.75, 3.05) is 19.8 Å². The van der Waals surface area contributed by atoms with Crippen molar-refractivity contribution in [3.8, 4) is 0 Å². The molecule has 2 rings (SSSR count).